The van der Waals surface area contributed by atoms with Crippen LogP contribution in [-0.4, -0.2) is 35.1 Å². The molecule has 2 heterocycles. The number of carbonyl (C=O) groups is 2. The van der Waals surface area contributed by atoms with E-state index in [1.807, 2.05) is 16.8 Å². The molecule has 1 aromatic rings. The molecule has 0 saturated carbocycles. The summed E-state index contributed by atoms with van der Waals surface area (Å²) in [5, 5.41) is 16.2. The highest BCUT2D eigenvalue weighted by molar-refractivity contribution is 7.07. The average Bonchev–Trinajstić information content (AvgIpc) is 2.98. The Bertz CT molecular complexity index is 499. The highest BCUT2D eigenvalue weighted by Gasteiger charge is 2.39. The van der Waals surface area contributed by atoms with Gasteiger partial charge in [0, 0.05) is 19.6 Å². The van der Waals surface area contributed by atoms with Crippen molar-refractivity contribution in [3.63, 3.8) is 0 Å². The van der Waals surface area contributed by atoms with Crippen molar-refractivity contribution < 1.29 is 14.7 Å². The molecule has 0 bridgehead atoms. The first-order valence-electron chi connectivity index (χ1n) is 7.18. The van der Waals surface area contributed by atoms with Crippen LogP contribution in [-0.2, 0) is 11.3 Å². The third-order valence-corrected chi connectivity index (χ3v) is 5.04. The fourth-order valence-electron chi connectivity index (χ4n) is 2.61. The fraction of sp³-hybridized carbons (Fsp3) is 0.600. The van der Waals surface area contributed by atoms with Crippen LogP contribution in [0.3, 0.4) is 0 Å². The number of likely N-dealkylation sites (tertiary alicyclic amines) is 1. The molecular formula is C15H22N2O3S. The lowest BCUT2D eigenvalue weighted by Gasteiger charge is -2.39. The van der Waals surface area contributed by atoms with Gasteiger partial charge in [-0.2, -0.15) is 11.3 Å². The van der Waals surface area contributed by atoms with Gasteiger partial charge >= 0.3 is 12.0 Å². The summed E-state index contributed by atoms with van der Waals surface area (Å²) in [6, 6.07) is 1.88. The molecule has 0 radical (unpaired) electrons. The number of hydrogen-bond acceptors (Lipinski definition) is 3. The van der Waals surface area contributed by atoms with E-state index >= 15 is 0 Å². The lowest BCUT2D eigenvalue weighted by Crippen LogP contribution is -2.49. The first-order chi connectivity index (χ1) is 9.91. The Kier molecular flexibility index (Phi) is 4.88. The highest BCUT2D eigenvalue weighted by atomic mass is 32.1. The number of piperidine rings is 1. The molecular weight excluding hydrogens is 288 g/mol. The second-order valence-corrected chi connectivity index (χ2v) is 6.88. The average molecular weight is 310 g/mol. The Morgan fingerprint density at radius 1 is 1.52 bits per heavy atom. The largest absolute Gasteiger partial charge is 0.481 e. The Morgan fingerprint density at radius 3 is 2.90 bits per heavy atom. The molecule has 6 heteroatoms. The standard InChI is InChI=1S/C15H22N2O3S/c1-15(2,13(18)19)12-4-3-6-17(9-12)14(20)16-8-11-5-7-21-10-11/h5,7,10,12H,3-4,6,8-9H2,1-2H3,(H,16,20)(H,18,19). The van der Waals surface area contributed by atoms with Crippen molar-refractivity contribution in [1.82, 2.24) is 10.2 Å². The maximum Gasteiger partial charge on any atom is 0.317 e. The molecule has 1 atom stereocenters. The van der Waals surface area contributed by atoms with Crippen molar-refractivity contribution in [2.75, 3.05) is 13.1 Å². The number of amides is 2. The lowest BCUT2D eigenvalue weighted by molar-refractivity contribution is -0.151. The minimum atomic E-state index is -0.799. The summed E-state index contributed by atoms with van der Waals surface area (Å²) < 4.78 is 0. The van der Waals surface area contributed by atoms with Crippen LogP contribution in [0.25, 0.3) is 0 Å². The zero-order chi connectivity index (χ0) is 15.5. The van der Waals surface area contributed by atoms with Gasteiger partial charge in [0.05, 0.1) is 5.41 Å². The zero-order valence-corrected chi connectivity index (χ0v) is 13.3. The van der Waals surface area contributed by atoms with E-state index in [4.69, 9.17) is 0 Å². The van der Waals surface area contributed by atoms with Crippen LogP contribution in [0, 0.1) is 11.3 Å². The van der Waals surface area contributed by atoms with Gasteiger partial charge in [0.1, 0.15) is 0 Å². The highest BCUT2D eigenvalue weighted by Crippen LogP contribution is 2.34. The second-order valence-electron chi connectivity index (χ2n) is 6.10. The van der Waals surface area contributed by atoms with Gasteiger partial charge in [-0.1, -0.05) is 0 Å². The molecule has 0 aromatic carbocycles. The van der Waals surface area contributed by atoms with Crippen LogP contribution in [0.15, 0.2) is 16.8 Å². The number of thiophene rings is 1. The maximum atomic E-state index is 12.2. The Labute approximate surface area is 129 Å². The van der Waals surface area contributed by atoms with E-state index in [0.717, 1.165) is 18.4 Å². The van der Waals surface area contributed by atoms with E-state index in [-0.39, 0.29) is 11.9 Å². The van der Waals surface area contributed by atoms with Gasteiger partial charge in [-0.05, 0) is 55.0 Å². The van der Waals surface area contributed by atoms with Gasteiger partial charge in [-0.15, -0.1) is 0 Å². The summed E-state index contributed by atoms with van der Waals surface area (Å²) in [6.07, 6.45) is 1.71. The van der Waals surface area contributed by atoms with Crippen molar-refractivity contribution in [1.29, 1.82) is 0 Å². The first kappa shape index (κ1) is 15.8. The minimum Gasteiger partial charge on any atom is -0.481 e. The minimum absolute atomic E-state index is 0.00403. The summed E-state index contributed by atoms with van der Waals surface area (Å²) in [4.78, 5) is 25.3. The van der Waals surface area contributed by atoms with E-state index in [1.54, 1.807) is 30.1 Å². The molecule has 116 valence electrons. The topological polar surface area (TPSA) is 69.6 Å². The number of carbonyl (C=O) groups excluding carboxylic acids is 1. The molecule has 21 heavy (non-hydrogen) atoms. The number of hydrogen-bond donors (Lipinski definition) is 2. The number of carboxylic acids is 1. The van der Waals surface area contributed by atoms with Crippen molar-refractivity contribution in [2.45, 2.75) is 33.2 Å². The summed E-state index contributed by atoms with van der Waals surface area (Å²) in [7, 11) is 0. The SMILES string of the molecule is CC(C)(C(=O)O)C1CCCN(C(=O)NCc2ccsc2)C1. The fourth-order valence-corrected chi connectivity index (χ4v) is 3.28. The van der Waals surface area contributed by atoms with Gasteiger partial charge in [0.15, 0.2) is 0 Å². The molecule has 1 aliphatic rings. The lowest BCUT2D eigenvalue weighted by atomic mass is 9.74. The quantitative estimate of drug-likeness (QED) is 0.898. The van der Waals surface area contributed by atoms with Crippen molar-refractivity contribution in [3.05, 3.63) is 22.4 Å². The Hall–Kier alpha value is -1.56. The number of aliphatic carboxylic acids is 1. The van der Waals surface area contributed by atoms with E-state index < -0.39 is 11.4 Å². The van der Waals surface area contributed by atoms with Gasteiger partial charge in [0.2, 0.25) is 0 Å². The second kappa shape index (κ2) is 6.47. The molecule has 1 fully saturated rings. The van der Waals surface area contributed by atoms with Crippen LogP contribution in [0.2, 0.25) is 0 Å². The molecule has 1 aromatic heterocycles. The smallest absolute Gasteiger partial charge is 0.317 e. The molecule has 2 N–H and O–H groups in total. The zero-order valence-electron chi connectivity index (χ0n) is 12.5. The number of urea groups is 1. The van der Waals surface area contributed by atoms with Crippen LogP contribution in [0.1, 0.15) is 32.3 Å². The Balaban J connectivity index is 1.91. The molecule has 1 aliphatic heterocycles. The van der Waals surface area contributed by atoms with E-state index in [2.05, 4.69) is 5.32 Å². The van der Waals surface area contributed by atoms with Gasteiger partial charge in [-0.25, -0.2) is 4.79 Å². The first-order valence-corrected chi connectivity index (χ1v) is 8.13. The molecule has 2 rings (SSSR count). The van der Waals surface area contributed by atoms with E-state index in [0.29, 0.717) is 19.6 Å². The van der Waals surface area contributed by atoms with Gasteiger partial charge in [0.25, 0.3) is 0 Å². The third-order valence-electron chi connectivity index (χ3n) is 4.30. The molecule has 1 unspecified atom stereocenters. The predicted octanol–water partition coefficient (Wildman–Crippen LogP) is 2.78. The van der Waals surface area contributed by atoms with Crippen LogP contribution in [0.5, 0.6) is 0 Å². The predicted molar refractivity (Wildman–Crippen MR) is 82.3 cm³/mol. The molecule has 2 amide bonds. The number of rotatable bonds is 4. The molecule has 1 saturated heterocycles. The van der Waals surface area contributed by atoms with Gasteiger partial charge < -0.3 is 15.3 Å². The summed E-state index contributed by atoms with van der Waals surface area (Å²) in [5.41, 5.74) is 0.291. The van der Waals surface area contributed by atoms with Crippen molar-refractivity contribution in [2.24, 2.45) is 11.3 Å². The van der Waals surface area contributed by atoms with Crippen LogP contribution in [0.4, 0.5) is 4.79 Å². The Morgan fingerprint density at radius 2 is 2.29 bits per heavy atom. The number of nitrogens with zero attached hydrogens (tertiary/aromatic N) is 1. The number of carboxylic acid groups (broad SMARTS) is 1. The third kappa shape index (κ3) is 3.75. The molecule has 5 nitrogen and oxygen atoms in total. The summed E-state index contributed by atoms with van der Waals surface area (Å²) in [5.74, 6) is -0.802. The van der Waals surface area contributed by atoms with Crippen molar-refractivity contribution >= 4 is 23.3 Å². The monoisotopic (exact) mass is 310 g/mol. The van der Waals surface area contributed by atoms with Crippen LogP contribution < -0.4 is 5.32 Å². The summed E-state index contributed by atoms with van der Waals surface area (Å²) >= 11 is 1.60. The van der Waals surface area contributed by atoms with Crippen LogP contribution >= 0.6 is 11.3 Å². The molecule has 0 aliphatic carbocycles. The van der Waals surface area contributed by atoms with Gasteiger partial charge in [-0.3, -0.25) is 4.79 Å². The van der Waals surface area contributed by atoms with E-state index in [1.165, 1.54) is 0 Å². The van der Waals surface area contributed by atoms with Crippen molar-refractivity contribution in [3.8, 4) is 0 Å². The number of nitrogens with one attached hydrogen (secondary N) is 1. The maximum absolute atomic E-state index is 12.2. The summed E-state index contributed by atoms with van der Waals surface area (Å²) in [6.45, 7) is 5.21. The molecule has 0 spiro atoms. The van der Waals surface area contributed by atoms with E-state index in [9.17, 15) is 14.7 Å². The normalized spacial score (nSPS) is 19.3.